The topological polar surface area (TPSA) is 39.9 Å². The highest BCUT2D eigenvalue weighted by Gasteiger charge is 2.25. The zero-order chi connectivity index (χ0) is 15.6. The van der Waals surface area contributed by atoms with Crippen LogP contribution in [0.15, 0.2) is 12.1 Å². The minimum Gasteiger partial charge on any atom is -0.481 e. The van der Waals surface area contributed by atoms with Gasteiger partial charge in [-0.25, -0.2) is 4.98 Å². The van der Waals surface area contributed by atoms with Crippen molar-refractivity contribution in [3.05, 3.63) is 18.0 Å². The number of aryl methyl sites for hydroxylation is 1. The third-order valence-corrected chi connectivity index (χ3v) is 4.49. The number of hydrogen-bond donors (Lipinski definition) is 0. The van der Waals surface area contributed by atoms with Crippen molar-refractivity contribution in [3.63, 3.8) is 0 Å². The first kappa shape index (κ1) is 16.1. The number of rotatable bonds is 6. The first-order valence-electron chi connectivity index (χ1n) is 7.35. The second-order valence-electron chi connectivity index (χ2n) is 6.39. The van der Waals surface area contributed by atoms with E-state index in [1.54, 1.807) is 7.11 Å². The normalized spacial score (nSPS) is 12.3. The summed E-state index contributed by atoms with van der Waals surface area (Å²) in [6.45, 7) is 9.90. The van der Waals surface area contributed by atoms with Gasteiger partial charge < -0.3 is 9.30 Å². The van der Waals surface area contributed by atoms with E-state index in [4.69, 9.17) is 16.3 Å². The molecular weight excluding hydrogens is 286 g/mol. The van der Waals surface area contributed by atoms with Gasteiger partial charge in [0.25, 0.3) is 0 Å². The summed E-state index contributed by atoms with van der Waals surface area (Å²) in [6.07, 6.45) is 0.744. The fourth-order valence-corrected chi connectivity index (χ4v) is 2.35. The lowest BCUT2D eigenvalue weighted by Gasteiger charge is -2.30. The fraction of sp³-hybridized carbons (Fsp3) is 0.625. The number of nitrogens with zero attached hydrogens (tertiary/aromatic N) is 3. The fourth-order valence-electron chi connectivity index (χ4n) is 2.18. The van der Waals surface area contributed by atoms with Crippen LogP contribution in [0.25, 0.3) is 11.2 Å². The Balaban J connectivity index is 2.53. The highest BCUT2D eigenvalue weighted by Crippen LogP contribution is 2.30. The third kappa shape index (κ3) is 3.31. The number of imidazole rings is 1. The van der Waals surface area contributed by atoms with E-state index in [-0.39, 0.29) is 5.41 Å². The molecule has 116 valence electrons. The van der Waals surface area contributed by atoms with Crippen LogP contribution in [0.3, 0.4) is 0 Å². The van der Waals surface area contributed by atoms with Crippen LogP contribution < -0.4 is 4.74 Å². The molecule has 2 aromatic heterocycles. The predicted octanol–water partition coefficient (Wildman–Crippen LogP) is 3.90. The lowest BCUT2D eigenvalue weighted by molar-refractivity contribution is 0.210. The molecule has 0 aromatic carbocycles. The molecule has 2 heterocycles. The van der Waals surface area contributed by atoms with Crippen LogP contribution in [0, 0.1) is 11.3 Å². The maximum Gasteiger partial charge on any atom is 0.215 e. The minimum absolute atomic E-state index is 0.152. The van der Waals surface area contributed by atoms with Crippen LogP contribution >= 0.6 is 11.6 Å². The standard InChI is InChI=1S/C16H24ClN3O/c1-11(2)16(3,4)10-20-13(8-9-17)18-12-6-7-14(21-5)19-15(12)20/h6-7,11H,8-10H2,1-5H3. The Labute approximate surface area is 131 Å². The molecule has 0 atom stereocenters. The first-order valence-corrected chi connectivity index (χ1v) is 7.88. The number of halogens is 1. The molecule has 0 aliphatic carbocycles. The number of aromatic nitrogens is 3. The number of hydrogen-bond acceptors (Lipinski definition) is 3. The molecule has 0 amide bonds. The molecule has 2 rings (SSSR count). The number of ether oxygens (including phenoxy) is 1. The summed E-state index contributed by atoms with van der Waals surface area (Å²) in [5.74, 6) is 2.73. The molecule has 0 aliphatic heterocycles. The first-order chi connectivity index (χ1) is 9.89. The molecular formula is C16H24ClN3O. The summed E-state index contributed by atoms with van der Waals surface area (Å²) in [4.78, 5) is 9.26. The molecule has 0 unspecified atom stereocenters. The zero-order valence-electron chi connectivity index (χ0n) is 13.5. The van der Waals surface area contributed by atoms with Crippen molar-refractivity contribution in [3.8, 4) is 5.88 Å². The number of fused-ring (bicyclic) bond motifs is 1. The van der Waals surface area contributed by atoms with E-state index in [0.29, 0.717) is 17.7 Å². The van der Waals surface area contributed by atoms with Crippen LogP contribution in [0.1, 0.15) is 33.5 Å². The monoisotopic (exact) mass is 309 g/mol. The molecule has 21 heavy (non-hydrogen) atoms. The number of pyridine rings is 1. The van der Waals surface area contributed by atoms with Crippen molar-refractivity contribution in [2.45, 2.75) is 40.7 Å². The van der Waals surface area contributed by atoms with Crippen molar-refractivity contribution in [1.29, 1.82) is 0 Å². The Morgan fingerprint density at radius 3 is 2.57 bits per heavy atom. The van der Waals surface area contributed by atoms with Gasteiger partial charge in [-0.15, -0.1) is 11.6 Å². The number of methoxy groups -OCH3 is 1. The molecule has 0 fully saturated rings. The van der Waals surface area contributed by atoms with E-state index in [1.165, 1.54) is 0 Å². The number of alkyl halides is 1. The van der Waals surface area contributed by atoms with Gasteiger partial charge in [0, 0.05) is 24.9 Å². The lowest BCUT2D eigenvalue weighted by Crippen LogP contribution is -2.26. The van der Waals surface area contributed by atoms with Gasteiger partial charge in [-0.1, -0.05) is 27.7 Å². The van der Waals surface area contributed by atoms with Crippen molar-refractivity contribution < 1.29 is 4.74 Å². The van der Waals surface area contributed by atoms with E-state index in [1.807, 2.05) is 12.1 Å². The molecule has 0 saturated heterocycles. The maximum atomic E-state index is 5.93. The highest BCUT2D eigenvalue weighted by molar-refractivity contribution is 6.17. The summed E-state index contributed by atoms with van der Waals surface area (Å²) in [7, 11) is 1.63. The Bertz CT molecular complexity index is 619. The summed E-state index contributed by atoms with van der Waals surface area (Å²) in [5.41, 5.74) is 1.93. The molecule has 0 spiro atoms. The van der Waals surface area contributed by atoms with Gasteiger partial charge in [0.2, 0.25) is 5.88 Å². The molecule has 0 radical (unpaired) electrons. The summed E-state index contributed by atoms with van der Waals surface area (Å²) >= 11 is 5.93. The summed E-state index contributed by atoms with van der Waals surface area (Å²) in [6, 6.07) is 3.80. The van der Waals surface area contributed by atoms with Gasteiger partial charge >= 0.3 is 0 Å². The van der Waals surface area contributed by atoms with E-state index in [0.717, 1.165) is 30.0 Å². The van der Waals surface area contributed by atoms with Crippen LogP contribution in [0.5, 0.6) is 5.88 Å². The Morgan fingerprint density at radius 1 is 1.29 bits per heavy atom. The van der Waals surface area contributed by atoms with Crippen molar-refractivity contribution in [2.24, 2.45) is 11.3 Å². The van der Waals surface area contributed by atoms with Crippen molar-refractivity contribution >= 4 is 22.8 Å². The smallest absolute Gasteiger partial charge is 0.215 e. The highest BCUT2D eigenvalue weighted by atomic mass is 35.5. The lowest BCUT2D eigenvalue weighted by atomic mass is 9.81. The Hall–Kier alpha value is -1.29. The molecule has 4 nitrogen and oxygen atoms in total. The van der Waals surface area contributed by atoms with Gasteiger partial charge in [0.1, 0.15) is 11.3 Å². The second kappa shape index (κ2) is 6.22. The average molecular weight is 310 g/mol. The van der Waals surface area contributed by atoms with Gasteiger partial charge in [-0.3, -0.25) is 0 Å². The second-order valence-corrected chi connectivity index (χ2v) is 6.77. The van der Waals surface area contributed by atoms with E-state index >= 15 is 0 Å². The van der Waals surface area contributed by atoms with Crippen LogP contribution in [0.4, 0.5) is 0 Å². The van der Waals surface area contributed by atoms with Gasteiger partial charge in [-0.05, 0) is 17.4 Å². The molecule has 0 N–H and O–H groups in total. The third-order valence-electron chi connectivity index (χ3n) is 4.30. The Morgan fingerprint density at radius 2 is 2.00 bits per heavy atom. The van der Waals surface area contributed by atoms with Crippen LogP contribution in [-0.2, 0) is 13.0 Å². The maximum absolute atomic E-state index is 5.93. The molecule has 0 aliphatic rings. The van der Waals surface area contributed by atoms with Crippen molar-refractivity contribution in [1.82, 2.24) is 14.5 Å². The SMILES string of the molecule is COc1ccc2nc(CCCl)n(CC(C)(C)C(C)C)c2n1. The Kier molecular flexibility index (Phi) is 4.77. The summed E-state index contributed by atoms with van der Waals surface area (Å²) < 4.78 is 7.44. The van der Waals surface area contributed by atoms with Crippen LogP contribution in [0.2, 0.25) is 0 Å². The quantitative estimate of drug-likeness (QED) is 0.760. The van der Waals surface area contributed by atoms with Crippen molar-refractivity contribution in [2.75, 3.05) is 13.0 Å². The molecule has 5 heteroatoms. The largest absolute Gasteiger partial charge is 0.481 e. The van der Waals surface area contributed by atoms with Gasteiger partial charge in [-0.2, -0.15) is 4.98 Å². The van der Waals surface area contributed by atoms with Gasteiger partial charge in [0.05, 0.1) is 7.11 Å². The zero-order valence-corrected chi connectivity index (χ0v) is 14.2. The molecule has 0 saturated carbocycles. The predicted molar refractivity (Wildman–Crippen MR) is 87.1 cm³/mol. The van der Waals surface area contributed by atoms with E-state index in [9.17, 15) is 0 Å². The van der Waals surface area contributed by atoms with E-state index in [2.05, 4.69) is 42.2 Å². The average Bonchev–Trinajstić information content (AvgIpc) is 2.76. The van der Waals surface area contributed by atoms with Gasteiger partial charge in [0.15, 0.2) is 5.65 Å². The minimum atomic E-state index is 0.152. The van der Waals surface area contributed by atoms with Crippen LogP contribution in [-0.4, -0.2) is 27.5 Å². The summed E-state index contributed by atoms with van der Waals surface area (Å²) in [5, 5.41) is 0. The molecule has 2 aromatic rings. The molecule has 0 bridgehead atoms. The van der Waals surface area contributed by atoms with E-state index < -0.39 is 0 Å².